The fourth-order valence-corrected chi connectivity index (χ4v) is 2.83. The molecule has 1 aromatic heterocycles. The highest BCUT2D eigenvalue weighted by Gasteiger charge is 2.20. The van der Waals surface area contributed by atoms with Gasteiger partial charge in [-0.05, 0) is 30.9 Å². The van der Waals surface area contributed by atoms with Crippen molar-refractivity contribution in [1.29, 1.82) is 0 Å². The van der Waals surface area contributed by atoms with E-state index in [1.807, 2.05) is 35.2 Å². The number of carbonyl (C=O) groups is 1. The summed E-state index contributed by atoms with van der Waals surface area (Å²) in [6.07, 6.45) is 2.56. The number of benzene rings is 1. The van der Waals surface area contributed by atoms with Gasteiger partial charge in [0.05, 0.1) is 23.3 Å². The number of hydrogen-bond acceptors (Lipinski definition) is 3. The monoisotopic (exact) mass is 283 g/mol. The highest BCUT2D eigenvalue weighted by atomic mass is 16.2. The number of amides is 1. The summed E-state index contributed by atoms with van der Waals surface area (Å²) < 4.78 is 0. The van der Waals surface area contributed by atoms with Gasteiger partial charge in [-0.1, -0.05) is 25.1 Å². The molecular formula is C17H21N3O. The minimum atomic E-state index is 0.170. The predicted molar refractivity (Wildman–Crippen MR) is 84.8 cm³/mol. The maximum Gasteiger partial charge on any atom is 0.228 e. The fourth-order valence-electron chi connectivity index (χ4n) is 2.83. The van der Waals surface area contributed by atoms with E-state index in [4.69, 9.17) is 5.73 Å². The molecule has 1 saturated heterocycles. The number of carbonyl (C=O) groups excluding carboxylic acids is 1. The molecule has 2 heterocycles. The van der Waals surface area contributed by atoms with Crippen LogP contribution < -0.4 is 5.73 Å². The molecule has 110 valence electrons. The van der Waals surface area contributed by atoms with Crippen LogP contribution in [0.5, 0.6) is 0 Å². The number of likely N-dealkylation sites (tertiary alicyclic amines) is 1. The number of nitrogens with two attached hydrogens (primary N) is 1. The number of anilines is 1. The van der Waals surface area contributed by atoms with Crippen molar-refractivity contribution in [1.82, 2.24) is 9.88 Å². The van der Waals surface area contributed by atoms with Crippen molar-refractivity contribution in [2.24, 2.45) is 5.92 Å². The Labute approximate surface area is 125 Å². The Kier molecular flexibility index (Phi) is 3.78. The molecule has 1 amide bonds. The SMILES string of the molecule is CC1CCN(C(=O)Cc2ccc3cccc(N)c3n2)CC1. The highest BCUT2D eigenvalue weighted by Crippen LogP contribution is 2.20. The molecule has 1 aliphatic heterocycles. The molecule has 1 aliphatic rings. The van der Waals surface area contributed by atoms with Crippen LogP contribution in [0.25, 0.3) is 10.9 Å². The summed E-state index contributed by atoms with van der Waals surface area (Å²) in [4.78, 5) is 18.9. The summed E-state index contributed by atoms with van der Waals surface area (Å²) in [6.45, 7) is 3.99. The molecule has 0 atom stereocenters. The topological polar surface area (TPSA) is 59.2 Å². The Morgan fingerprint density at radius 1 is 1.29 bits per heavy atom. The lowest BCUT2D eigenvalue weighted by molar-refractivity contribution is -0.131. The van der Waals surface area contributed by atoms with Crippen molar-refractivity contribution in [3.63, 3.8) is 0 Å². The van der Waals surface area contributed by atoms with Gasteiger partial charge in [0.1, 0.15) is 0 Å². The summed E-state index contributed by atoms with van der Waals surface area (Å²) in [7, 11) is 0. The quantitative estimate of drug-likeness (QED) is 0.862. The molecule has 0 bridgehead atoms. The van der Waals surface area contributed by atoms with Crippen LogP contribution in [0.1, 0.15) is 25.5 Å². The lowest BCUT2D eigenvalue weighted by Gasteiger charge is -2.30. The number of aromatic nitrogens is 1. The molecule has 4 heteroatoms. The zero-order valence-corrected chi connectivity index (χ0v) is 12.4. The minimum absolute atomic E-state index is 0.170. The molecule has 0 aliphatic carbocycles. The standard InChI is InChI=1S/C17H21N3O/c1-12-7-9-20(10-8-12)16(21)11-14-6-5-13-3-2-4-15(18)17(13)19-14/h2-6,12H,7-11,18H2,1H3. The summed E-state index contributed by atoms with van der Waals surface area (Å²) in [6, 6.07) is 9.65. The highest BCUT2D eigenvalue weighted by molar-refractivity contribution is 5.89. The van der Waals surface area contributed by atoms with E-state index in [9.17, 15) is 4.79 Å². The first-order chi connectivity index (χ1) is 10.1. The average Bonchev–Trinajstić information content (AvgIpc) is 2.49. The zero-order valence-electron chi connectivity index (χ0n) is 12.4. The van der Waals surface area contributed by atoms with Crippen LogP contribution >= 0.6 is 0 Å². The first-order valence-corrected chi connectivity index (χ1v) is 7.55. The van der Waals surface area contributed by atoms with Crippen molar-refractivity contribution in [3.8, 4) is 0 Å². The molecule has 21 heavy (non-hydrogen) atoms. The summed E-state index contributed by atoms with van der Waals surface area (Å²) in [5.74, 6) is 0.899. The van der Waals surface area contributed by atoms with E-state index >= 15 is 0 Å². The maximum absolute atomic E-state index is 12.3. The Balaban J connectivity index is 1.75. The predicted octanol–water partition coefficient (Wildman–Crippen LogP) is 2.62. The summed E-state index contributed by atoms with van der Waals surface area (Å²) >= 11 is 0. The number of nitrogens with zero attached hydrogens (tertiary/aromatic N) is 2. The Hall–Kier alpha value is -2.10. The van der Waals surface area contributed by atoms with Crippen LogP contribution in [0.15, 0.2) is 30.3 Å². The largest absolute Gasteiger partial charge is 0.397 e. The van der Waals surface area contributed by atoms with Crippen LogP contribution in [0.3, 0.4) is 0 Å². The molecule has 0 saturated carbocycles. The van der Waals surface area contributed by atoms with Gasteiger partial charge in [0.25, 0.3) is 0 Å². The van der Waals surface area contributed by atoms with E-state index < -0.39 is 0 Å². The number of nitrogen functional groups attached to an aromatic ring is 1. The molecule has 0 unspecified atom stereocenters. The van der Waals surface area contributed by atoms with Crippen LogP contribution in [0.2, 0.25) is 0 Å². The molecule has 4 nitrogen and oxygen atoms in total. The van der Waals surface area contributed by atoms with Crippen molar-refractivity contribution < 1.29 is 4.79 Å². The second-order valence-corrected chi connectivity index (χ2v) is 5.96. The molecule has 1 fully saturated rings. The number of piperidine rings is 1. The van der Waals surface area contributed by atoms with Crippen LogP contribution in [0.4, 0.5) is 5.69 Å². The Morgan fingerprint density at radius 3 is 2.81 bits per heavy atom. The smallest absolute Gasteiger partial charge is 0.228 e. The molecule has 2 N–H and O–H groups in total. The second-order valence-electron chi connectivity index (χ2n) is 5.96. The molecule has 0 spiro atoms. The van der Waals surface area contributed by atoms with Gasteiger partial charge in [-0.15, -0.1) is 0 Å². The van der Waals surface area contributed by atoms with Gasteiger partial charge in [0.15, 0.2) is 0 Å². The third-order valence-electron chi connectivity index (χ3n) is 4.28. The number of hydrogen-bond donors (Lipinski definition) is 1. The number of rotatable bonds is 2. The van der Waals surface area contributed by atoms with E-state index in [0.717, 1.165) is 48.4 Å². The first kappa shape index (κ1) is 13.9. The Bertz CT molecular complexity index is 660. The van der Waals surface area contributed by atoms with Gasteiger partial charge in [0, 0.05) is 18.5 Å². The maximum atomic E-state index is 12.3. The van der Waals surface area contributed by atoms with E-state index in [0.29, 0.717) is 12.1 Å². The van der Waals surface area contributed by atoms with E-state index in [1.165, 1.54) is 0 Å². The van der Waals surface area contributed by atoms with Gasteiger partial charge in [-0.3, -0.25) is 9.78 Å². The van der Waals surface area contributed by atoms with E-state index in [1.54, 1.807) is 0 Å². The number of fused-ring (bicyclic) bond motifs is 1. The minimum Gasteiger partial charge on any atom is -0.397 e. The summed E-state index contributed by atoms with van der Waals surface area (Å²) in [5.41, 5.74) is 8.20. The molecule has 3 rings (SSSR count). The van der Waals surface area contributed by atoms with Gasteiger partial charge in [-0.25, -0.2) is 0 Å². The van der Waals surface area contributed by atoms with Gasteiger partial charge >= 0.3 is 0 Å². The van der Waals surface area contributed by atoms with Crippen LogP contribution in [0, 0.1) is 5.92 Å². The number of pyridine rings is 1. The Morgan fingerprint density at radius 2 is 2.05 bits per heavy atom. The average molecular weight is 283 g/mol. The molecular weight excluding hydrogens is 262 g/mol. The molecule has 1 aromatic carbocycles. The third kappa shape index (κ3) is 2.99. The van der Waals surface area contributed by atoms with Crippen molar-refractivity contribution in [2.45, 2.75) is 26.2 Å². The van der Waals surface area contributed by atoms with Crippen LogP contribution in [-0.4, -0.2) is 28.9 Å². The van der Waals surface area contributed by atoms with Gasteiger partial charge < -0.3 is 10.6 Å². The van der Waals surface area contributed by atoms with Crippen molar-refractivity contribution in [2.75, 3.05) is 18.8 Å². The lowest BCUT2D eigenvalue weighted by Crippen LogP contribution is -2.38. The van der Waals surface area contributed by atoms with Gasteiger partial charge in [-0.2, -0.15) is 0 Å². The van der Waals surface area contributed by atoms with Gasteiger partial charge in [0.2, 0.25) is 5.91 Å². The number of para-hydroxylation sites is 1. The molecule has 2 aromatic rings. The second kappa shape index (κ2) is 5.72. The van der Waals surface area contributed by atoms with E-state index in [-0.39, 0.29) is 5.91 Å². The first-order valence-electron chi connectivity index (χ1n) is 7.55. The van der Waals surface area contributed by atoms with E-state index in [2.05, 4.69) is 11.9 Å². The lowest BCUT2D eigenvalue weighted by atomic mass is 9.99. The zero-order chi connectivity index (χ0) is 14.8. The van der Waals surface area contributed by atoms with Crippen molar-refractivity contribution >= 4 is 22.5 Å². The normalized spacial score (nSPS) is 16.3. The molecule has 0 radical (unpaired) electrons. The third-order valence-corrected chi connectivity index (χ3v) is 4.28. The van der Waals surface area contributed by atoms with Crippen molar-refractivity contribution in [3.05, 3.63) is 36.0 Å². The fraction of sp³-hybridized carbons (Fsp3) is 0.412. The van der Waals surface area contributed by atoms with Crippen LogP contribution in [-0.2, 0) is 11.2 Å². The summed E-state index contributed by atoms with van der Waals surface area (Å²) in [5, 5.41) is 1.01.